The molecule has 107 heavy (non-hydrogen) atoms. The molecular formula is C75H102F8N12O12. The van der Waals surface area contributed by atoms with E-state index < -0.39 is 216 Å². The van der Waals surface area contributed by atoms with Crippen LogP contribution < -0.4 is 16.0 Å². The van der Waals surface area contributed by atoms with Crippen molar-refractivity contribution in [1.82, 2.24) is 60.0 Å². The van der Waals surface area contributed by atoms with Gasteiger partial charge in [0.25, 0.3) is 0 Å². The van der Waals surface area contributed by atoms with Gasteiger partial charge in [-0.25, -0.2) is 8.78 Å². The summed E-state index contributed by atoms with van der Waals surface area (Å²) in [6, 6.07) is -6.90. The first-order valence-corrected chi connectivity index (χ1v) is 36.8. The molecule has 12 amide bonds. The molecule has 10 atom stereocenters. The van der Waals surface area contributed by atoms with Gasteiger partial charge in [-0.1, -0.05) is 90.0 Å². The third kappa shape index (κ3) is 20.0. The highest BCUT2D eigenvalue weighted by Gasteiger charge is 2.52. The Labute approximate surface area is 619 Å². The van der Waals surface area contributed by atoms with Crippen molar-refractivity contribution in [2.75, 3.05) is 82.6 Å². The summed E-state index contributed by atoms with van der Waals surface area (Å²) >= 11 is 0. The molecule has 6 aliphatic rings. The highest BCUT2D eigenvalue weighted by molar-refractivity contribution is 6.01. The molecule has 3 N–H and O–H groups in total. The molecule has 0 radical (unpaired) electrons. The molecule has 2 aromatic rings. The van der Waals surface area contributed by atoms with Crippen LogP contribution in [-0.2, 0) is 82.7 Å². The lowest BCUT2D eigenvalue weighted by molar-refractivity contribution is -0.156. The molecule has 3 heterocycles. The van der Waals surface area contributed by atoms with Crippen molar-refractivity contribution in [3.05, 3.63) is 82.4 Å². The van der Waals surface area contributed by atoms with Gasteiger partial charge in [-0.15, -0.1) is 0 Å². The SMILES string of the molecule is CC[C@H](C)[C@@H]1NC(=O)[C@H](CC2CC2)N(C)C(=O)C[C@@H](C(=O)N(C)C)N(C)C(=O)[C@H](C2CCCC2)N(C)C(=O)C2(CCCC2)NC(=O)[C@@H]2C[C@H](C)CN2C(=O)[C@H](CCc2cc(F)c(C(F)(F)F)c(F)c2)NC(=O)CN(C)C(=O)[C@H](Cc2ccc(C(F)(F)F)cc2)N2CC/C=C\C[C@@H](C2=O)N(C)C(=O)CN(C)C1=O. The molecule has 8 rings (SSSR count). The van der Waals surface area contributed by atoms with Crippen LogP contribution in [0.2, 0.25) is 0 Å². The Bertz CT molecular complexity index is 3650. The molecule has 0 unspecified atom stereocenters. The molecule has 3 saturated carbocycles. The zero-order chi connectivity index (χ0) is 79.1. The van der Waals surface area contributed by atoms with Crippen molar-refractivity contribution >= 4 is 70.9 Å². The first-order chi connectivity index (χ1) is 50.2. The van der Waals surface area contributed by atoms with Crippen LogP contribution >= 0.6 is 0 Å². The Balaban J connectivity index is 1.22. The zero-order valence-corrected chi connectivity index (χ0v) is 62.8. The molecule has 0 aromatic heterocycles. The van der Waals surface area contributed by atoms with E-state index in [0.717, 1.165) is 73.6 Å². The second-order valence-electron chi connectivity index (χ2n) is 30.4. The van der Waals surface area contributed by atoms with E-state index in [1.54, 1.807) is 32.9 Å². The van der Waals surface area contributed by atoms with Gasteiger partial charge in [0.1, 0.15) is 71.1 Å². The van der Waals surface area contributed by atoms with Gasteiger partial charge in [0.2, 0.25) is 70.9 Å². The second-order valence-corrected chi connectivity index (χ2v) is 30.4. The molecule has 2 saturated heterocycles. The van der Waals surface area contributed by atoms with Crippen molar-refractivity contribution in [2.24, 2.45) is 23.7 Å². The van der Waals surface area contributed by atoms with Crippen molar-refractivity contribution in [3.8, 4) is 0 Å². The van der Waals surface area contributed by atoms with E-state index in [4.69, 9.17) is 0 Å². The van der Waals surface area contributed by atoms with Gasteiger partial charge in [-0.2, -0.15) is 26.3 Å². The number of likely N-dealkylation sites (N-methyl/N-ethyl adjacent to an activating group) is 7. The standard InChI is InChI=1S/C75H102F8N12O12/c1-12-44(3)62-70(105)89(7)42-60(98)90(8)53-22-14-13-19-33-94(69(53)104)57(38-46-25-28-49(29-26-46)74(78,79)80)68(103)88(6)41-58(96)84-52(30-27-47-35-50(76)61(51(77)36-47)75(81,82)83)66(101)95-40-43(2)34-55(95)65(100)86-73(31-17-18-32-73)72(107)93(11)63(48-20-15-16-21-48)71(106)92(10)56(67(102)87(4)5)39-59(97)91(9)54(64(99)85-62)37-45-23-24-45/h13-14,25-26,28-29,35-36,43-45,48,52-57,62-63H,12,15-24,27,30-34,37-42H2,1-11H3,(H,84,96)(H,85,99)(H,86,100)/b14-13-/t43-,44-,52-,53-,54-,55-,56-,57-,62-,63-/m0/s1. The van der Waals surface area contributed by atoms with E-state index in [1.807, 2.05) is 0 Å². The van der Waals surface area contributed by atoms with E-state index >= 15 is 37.5 Å². The molecule has 590 valence electrons. The maximum Gasteiger partial charge on any atom is 0.422 e. The number of hydrogen-bond acceptors (Lipinski definition) is 12. The summed E-state index contributed by atoms with van der Waals surface area (Å²) in [6.07, 6.45) is -4.02. The summed E-state index contributed by atoms with van der Waals surface area (Å²) in [5, 5.41) is 8.40. The predicted octanol–water partition coefficient (Wildman–Crippen LogP) is 6.11. The van der Waals surface area contributed by atoms with Crippen LogP contribution in [0.15, 0.2) is 48.6 Å². The lowest BCUT2D eigenvalue weighted by Crippen LogP contribution is -2.65. The van der Waals surface area contributed by atoms with E-state index in [-0.39, 0.29) is 68.7 Å². The summed E-state index contributed by atoms with van der Waals surface area (Å²) in [6.45, 7) is 3.20. The van der Waals surface area contributed by atoms with Crippen molar-refractivity contribution < 1.29 is 92.7 Å². The molecule has 5 fully saturated rings. The van der Waals surface area contributed by atoms with E-state index in [0.29, 0.717) is 57.1 Å². The number of alkyl halides is 6. The second kappa shape index (κ2) is 35.1. The molecule has 24 nitrogen and oxygen atoms in total. The van der Waals surface area contributed by atoms with E-state index in [1.165, 1.54) is 64.0 Å². The quantitative estimate of drug-likeness (QED) is 0.170. The van der Waals surface area contributed by atoms with Crippen LogP contribution in [0.25, 0.3) is 0 Å². The smallest absolute Gasteiger partial charge is 0.347 e. The maximum absolute atomic E-state index is 15.6. The molecule has 2 bridgehead atoms. The molecular weight excluding hydrogens is 1410 g/mol. The number of benzene rings is 2. The summed E-state index contributed by atoms with van der Waals surface area (Å²) in [5.41, 5.74) is -5.17. The number of aryl methyl sites for hydroxylation is 1. The van der Waals surface area contributed by atoms with Crippen LogP contribution in [0, 0.1) is 35.3 Å². The molecule has 1 spiro atoms. The molecule has 2 aromatic carbocycles. The fourth-order valence-electron chi connectivity index (χ4n) is 15.6. The lowest BCUT2D eigenvalue weighted by Gasteiger charge is -2.42. The van der Waals surface area contributed by atoms with Gasteiger partial charge in [0, 0.05) is 75.9 Å². The molecule has 32 heteroatoms. The fraction of sp³-hybridized carbons (Fsp3) is 0.653. The Morgan fingerprint density at radius 3 is 1.85 bits per heavy atom. The topological polar surface area (TPSA) is 270 Å². The number of carbonyl (C=O) groups excluding carboxylic acids is 12. The average Bonchev–Trinajstić information content (AvgIpc) is 1.70. The van der Waals surface area contributed by atoms with Crippen LogP contribution in [0.4, 0.5) is 35.1 Å². The van der Waals surface area contributed by atoms with Gasteiger partial charge < -0.3 is 60.0 Å². The number of halogens is 8. The first-order valence-electron chi connectivity index (χ1n) is 36.8. The number of nitrogens with one attached hydrogen (secondary N) is 3. The van der Waals surface area contributed by atoms with Crippen LogP contribution in [0.5, 0.6) is 0 Å². The minimum absolute atomic E-state index is 0.000545. The van der Waals surface area contributed by atoms with Crippen LogP contribution in [0.1, 0.15) is 152 Å². The van der Waals surface area contributed by atoms with Gasteiger partial charge in [-0.3, -0.25) is 57.5 Å². The maximum atomic E-state index is 15.6. The normalized spacial score (nSPS) is 27.0. The predicted molar refractivity (Wildman–Crippen MR) is 375 cm³/mol. The first kappa shape index (κ1) is 83.9. The van der Waals surface area contributed by atoms with E-state index in [9.17, 15) is 55.1 Å². The monoisotopic (exact) mass is 1510 g/mol. The minimum Gasteiger partial charge on any atom is -0.347 e. The largest absolute Gasteiger partial charge is 0.422 e. The highest BCUT2D eigenvalue weighted by Crippen LogP contribution is 2.40. The number of fused-ring (bicyclic) bond motifs is 3. The molecule has 3 aliphatic carbocycles. The molecule has 3 aliphatic heterocycles. The Morgan fingerprint density at radius 1 is 0.654 bits per heavy atom. The van der Waals surface area contributed by atoms with Crippen molar-refractivity contribution in [3.63, 3.8) is 0 Å². The van der Waals surface area contributed by atoms with Gasteiger partial charge in [-0.05, 0) is 123 Å². The average molecular weight is 1520 g/mol. The third-order valence-electron chi connectivity index (χ3n) is 22.4. The number of amides is 12. The minimum atomic E-state index is -5.45. The van der Waals surface area contributed by atoms with Gasteiger partial charge >= 0.3 is 12.4 Å². The third-order valence-corrected chi connectivity index (χ3v) is 22.4. The summed E-state index contributed by atoms with van der Waals surface area (Å²) < 4.78 is 114. The van der Waals surface area contributed by atoms with Gasteiger partial charge in [0.05, 0.1) is 25.1 Å². The zero-order valence-electron chi connectivity index (χ0n) is 62.8. The van der Waals surface area contributed by atoms with Crippen LogP contribution in [-0.4, -0.2) is 251 Å². The van der Waals surface area contributed by atoms with E-state index in [2.05, 4.69) is 16.0 Å². The Hall–Kier alpha value is -8.74. The number of carbonyl (C=O) groups is 12. The highest BCUT2D eigenvalue weighted by atomic mass is 19.4. The number of rotatable bonds is 11. The lowest BCUT2D eigenvalue weighted by atomic mass is 9.90. The fourth-order valence-corrected chi connectivity index (χ4v) is 15.6. The number of hydrogen-bond donors (Lipinski definition) is 3. The van der Waals surface area contributed by atoms with Crippen molar-refractivity contribution in [2.45, 2.75) is 209 Å². The summed E-state index contributed by atoms with van der Waals surface area (Å²) in [4.78, 5) is 191. The van der Waals surface area contributed by atoms with Crippen LogP contribution in [0.3, 0.4) is 0 Å². The Kier molecular flexibility index (Phi) is 27.5. The van der Waals surface area contributed by atoms with Crippen molar-refractivity contribution in [1.29, 1.82) is 0 Å². The summed E-state index contributed by atoms with van der Waals surface area (Å²) in [7, 11) is 10.8. The Morgan fingerprint density at radius 2 is 1.27 bits per heavy atom. The number of nitrogens with zero attached hydrogens (tertiary/aromatic N) is 9. The summed E-state index contributed by atoms with van der Waals surface area (Å²) in [5.74, 6) is -15.1. The van der Waals surface area contributed by atoms with Gasteiger partial charge in [0.15, 0.2) is 0 Å².